The SMILES string of the molecule is Cc1cccc(CC(O)C2(CC(C)C)CCCC2)c1. The first kappa shape index (κ1) is 14.6. The molecule has 1 N–H and O–H groups in total. The van der Waals surface area contributed by atoms with Crippen molar-refractivity contribution in [1.82, 2.24) is 0 Å². The fourth-order valence-corrected chi connectivity index (χ4v) is 3.84. The molecule has 1 nitrogen and oxygen atoms in total. The molecule has 1 aliphatic carbocycles. The molecule has 1 aliphatic rings. The Morgan fingerprint density at radius 1 is 1.21 bits per heavy atom. The van der Waals surface area contributed by atoms with Gasteiger partial charge in [-0.2, -0.15) is 0 Å². The minimum atomic E-state index is -0.181. The lowest BCUT2D eigenvalue weighted by molar-refractivity contribution is 0.0134. The predicted molar refractivity (Wildman–Crippen MR) is 81.2 cm³/mol. The van der Waals surface area contributed by atoms with E-state index in [1.807, 2.05) is 0 Å². The van der Waals surface area contributed by atoms with E-state index in [0.717, 1.165) is 6.42 Å². The van der Waals surface area contributed by atoms with Crippen molar-refractivity contribution in [2.75, 3.05) is 0 Å². The van der Waals surface area contributed by atoms with E-state index in [1.165, 1.54) is 43.2 Å². The Balaban J connectivity index is 2.09. The standard InChI is InChI=1S/C18H28O/c1-14(2)13-18(9-4-5-10-18)17(19)12-16-8-6-7-15(3)11-16/h6-8,11,14,17,19H,4-5,9-10,12-13H2,1-3H3. The maximum absolute atomic E-state index is 10.8. The number of hydrogen-bond donors (Lipinski definition) is 1. The third-order valence-corrected chi connectivity index (χ3v) is 4.63. The molecular weight excluding hydrogens is 232 g/mol. The van der Waals surface area contributed by atoms with Crippen molar-refractivity contribution in [1.29, 1.82) is 0 Å². The van der Waals surface area contributed by atoms with E-state index in [9.17, 15) is 5.11 Å². The van der Waals surface area contributed by atoms with Gasteiger partial charge in [0.2, 0.25) is 0 Å². The molecule has 19 heavy (non-hydrogen) atoms. The second-order valence-corrected chi connectivity index (χ2v) is 6.88. The molecule has 1 heteroatoms. The van der Waals surface area contributed by atoms with Crippen LogP contribution in [0.3, 0.4) is 0 Å². The molecular formula is C18H28O. The summed E-state index contributed by atoms with van der Waals surface area (Å²) < 4.78 is 0. The fraction of sp³-hybridized carbons (Fsp3) is 0.667. The monoisotopic (exact) mass is 260 g/mol. The highest BCUT2D eigenvalue weighted by molar-refractivity contribution is 5.23. The van der Waals surface area contributed by atoms with E-state index in [2.05, 4.69) is 45.0 Å². The molecule has 1 atom stereocenters. The first-order chi connectivity index (χ1) is 9.02. The molecule has 1 aromatic carbocycles. The molecule has 1 fully saturated rings. The fourth-order valence-electron chi connectivity index (χ4n) is 3.84. The highest BCUT2D eigenvalue weighted by Crippen LogP contribution is 2.46. The van der Waals surface area contributed by atoms with Crippen molar-refractivity contribution in [3.05, 3.63) is 35.4 Å². The van der Waals surface area contributed by atoms with Gasteiger partial charge in [-0.15, -0.1) is 0 Å². The number of aliphatic hydroxyl groups excluding tert-OH is 1. The van der Waals surface area contributed by atoms with E-state index >= 15 is 0 Å². The Morgan fingerprint density at radius 3 is 2.47 bits per heavy atom. The van der Waals surface area contributed by atoms with Crippen LogP contribution in [0.15, 0.2) is 24.3 Å². The summed E-state index contributed by atoms with van der Waals surface area (Å²) in [5.74, 6) is 0.672. The summed E-state index contributed by atoms with van der Waals surface area (Å²) >= 11 is 0. The summed E-state index contributed by atoms with van der Waals surface area (Å²) in [7, 11) is 0. The van der Waals surface area contributed by atoms with Gasteiger partial charge in [0.05, 0.1) is 6.10 Å². The van der Waals surface area contributed by atoms with Crippen molar-refractivity contribution < 1.29 is 5.11 Å². The molecule has 0 heterocycles. The van der Waals surface area contributed by atoms with Gasteiger partial charge in [0.25, 0.3) is 0 Å². The van der Waals surface area contributed by atoms with E-state index in [0.29, 0.717) is 5.92 Å². The zero-order valence-electron chi connectivity index (χ0n) is 12.7. The van der Waals surface area contributed by atoms with Gasteiger partial charge in [0, 0.05) is 0 Å². The minimum Gasteiger partial charge on any atom is -0.392 e. The first-order valence-electron chi connectivity index (χ1n) is 7.75. The summed E-state index contributed by atoms with van der Waals surface area (Å²) in [6.45, 7) is 6.67. The van der Waals surface area contributed by atoms with E-state index < -0.39 is 0 Å². The topological polar surface area (TPSA) is 20.2 Å². The van der Waals surface area contributed by atoms with Crippen molar-refractivity contribution in [2.45, 2.75) is 65.4 Å². The normalized spacial score (nSPS) is 19.8. The van der Waals surface area contributed by atoms with Crippen molar-refractivity contribution in [2.24, 2.45) is 11.3 Å². The number of aliphatic hydroxyl groups is 1. The van der Waals surface area contributed by atoms with Gasteiger partial charge in [0.1, 0.15) is 0 Å². The average molecular weight is 260 g/mol. The summed E-state index contributed by atoms with van der Waals surface area (Å²) in [5, 5.41) is 10.8. The molecule has 0 spiro atoms. The lowest BCUT2D eigenvalue weighted by Crippen LogP contribution is -2.35. The predicted octanol–water partition coefficient (Wildman–Crippen LogP) is 4.50. The van der Waals surface area contributed by atoms with Crippen LogP contribution in [0.4, 0.5) is 0 Å². The molecule has 1 saturated carbocycles. The Bertz CT molecular complexity index is 402. The van der Waals surface area contributed by atoms with Crippen LogP contribution in [0.25, 0.3) is 0 Å². The minimum absolute atomic E-state index is 0.178. The largest absolute Gasteiger partial charge is 0.392 e. The van der Waals surface area contributed by atoms with Crippen molar-refractivity contribution in [3.8, 4) is 0 Å². The zero-order chi connectivity index (χ0) is 13.9. The van der Waals surface area contributed by atoms with E-state index in [1.54, 1.807) is 0 Å². The molecule has 1 aromatic rings. The van der Waals surface area contributed by atoms with Crippen LogP contribution in [0.5, 0.6) is 0 Å². The molecule has 0 aliphatic heterocycles. The van der Waals surface area contributed by atoms with Crippen LogP contribution >= 0.6 is 0 Å². The number of aryl methyl sites for hydroxylation is 1. The van der Waals surface area contributed by atoms with Gasteiger partial charge >= 0.3 is 0 Å². The maximum atomic E-state index is 10.8. The van der Waals surface area contributed by atoms with Crippen molar-refractivity contribution >= 4 is 0 Å². The number of benzene rings is 1. The van der Waals surface area contributed by atoms with Gasteiger partial charge in [-0.25, -0.2) is 0 Å². The lowest BCUT2D eigenvalue weighted by Gasteiger charge is -2.36. The summed E-state index contributed by atoms with van der Waals surface area (Å²) in [5.41, 5.74) is 2.74. The Morgan fingerprint density at radius 2 is 1.89 bits per heavy atom. The van der Waals surface area contributed by atoms with E-state index in [-0.39, 0.29) is 11.5 Å². The van der Waals surface area contributed by atoms with Crippen LogP contribution in [-0.2, 0) is 6.42 Å². The van der Waals surface area contributed by atoms with Gasteiger partial charge in [-0.05, 0) is 49.5 Å². The molecule has 0 aromatic heterocycles. The molecule has 0 saturated heterocycles. The second kappa shape index (κ2) is 6.09. The van der Waals surface area contributed by atoms with Crippen LogP contribution in [-0.4, -0.2) is 11.2 Å². The van der Waals surface area contributed by atoms with Gasteiger partial charge in [0.15, 0.2) is 0 Å². The highest BCUT2D eigenvalue weighted by Gasteiger charge is 2.40. The van der Waals surface area contributed by atoms with Gasteiger partial charge < -0.3 is 5.11 Å². The molecule has 0 amide bonds. The average Bonchev–Trinajstić information content (AvgIpc) is 2.78. The maximum Gasteiger partial charge on any atom is 0.0636 e. The molecule has 1 unspecified atom stereocenters. The molecule has 106 valence electrons. The smallest absolute Gasteiger partial charge is 0.0636 e. The third-order valence-electron chi connectivity index (χ3n) is 4.63. The quantitative estimate of drug-likeness (QED) is 0.826. The second-order valence-electron chi connectivity index (χ2n) is 6.88. The molecule has 0 radical (unpaired) electrons. The Labute approximate surface area is 118 Å². The lowest BCUT2D eigenvalue weighted by atomic mass is 9.72. The summed E-state index contributed by atoms with van der Waals surface area (Å²) in [4.78, 5) is 0. The van der Waals surface area contributed by atoms with Gasteiger partial charge in [-0.1, -0.05) is 56.5 Å². The first-order valence-corrected chi connectivity index (χ1v) is 7.75. The molecule has 2 rings (SSSR count). The van der Waals surface area contributed by atoms with Crippen LogP contribution in [0.2, 0.25) is 0 Å². The van der Waals surface area contributed by atoms with Crippen molar-refractivity contribution in [3.63, 3.8) is 0 Å². The van der Waals surface area contributed by atoms with Crippen LogP contribution in [0, 0.1) is 18.3 Å². The van der Waals surface area contributed by atoms with Crippen LogP contribution < -0.4 is 0 Å². The number of rotatable bonds is 5. The summed E-state index contributed by atoms with van der Waals surface area (Å²) in [6, 6.07) is 8.58. The Hall–Kier alpha value is -0.820. The number of hydrogen-bond acceptors (Lipinski definition) is 1. The Kier molecular flexibility index (Phi) is 4.67. The van der Waals surface area contributed by atoms with E-state index in [4.69, 9.17) is 0 Å². The third kappa shape index (κ3) is 3.60. The zero-order valence-corrected chi connectivity index (χ0v) is 12.7. The molecule has 0 bridgehead atoms. The highest BCUT2D eigenvalue weighted by atomic mass is 16.3. The van der Waals surface area contributed by atoms with Gasteiger partial charge in [-0.3, -0.25) is 0 Å². The van der Waals surface area contributed by atoms with Crippen LogP contribution in [0.1, 0.15) is 57.1 Å². The summed E-state index contributed by atoms with van der Waals surface area (Å²) in [6.07, 6.45) is 6.79.